The number of hydrogen-bond donors (Lipinski definition) is 3. The molecule has 3 saturated heterocycles. The number of rotatable bonds is 5. The van der Waals surface area contributed by atoms with Crippen LogP contribution in [-0.4, -0.2) is 99.4 Å². The summed E-state index contributed by atoms with van der Waals surface area (Å²) in [6.45, 7) is 3.78. The second-order valence-corrected chi connectivity index (χ2v) is 9.20. The van der Waals surface area contributed by atoms with Crippen molar-refractivity contribution in [3.05, 3.63) is 0 Å². The molecule has 3 fully saturated rings. The molecule has 156 valence electrons. The number of likely N-dealkylation sites (N-methyl/N-ethyl adjacent to an activating group) is 1. The Morgan fingerprint density at radius 3 is 2.63 bits per heavy atom. The maximum atomic E-state index is 13.3. The van der Waals surface area contributed by atoms with E-state index in [0.717, 1.165) is 38.6 Å². The summed E-state index contributed by atoms with van der Waals surface area (Å²) in [6.07, 6.45) is 2.29. The van der Waals surface area contributed by atoms with E-state index in [-0.39, 0.29) is 18.0 Å². The summed E-state index contributed by atoms with van der Waals surface area (Å²) in [5, 5.41) is 30.9. The number of thioether (sulfide) groups is 1. The average molecular weight is 403 g/mol. The fraction of sp³-hybridized carbons (Fsp3) is 0.947. The molecule has 0 aromatic carbocycles. The molecule has 3 heterocycles. The molecule has 0 radical (unpaired) electrons. The van der Waals surface area contributed by atoms with E-state index in [1.807, 2.05) is 11.9 Å². The van der Waals surface area contributed by atoms with E-state index < -0.39 is 29.9 Å². The fourth-order valence-electron chi connectivity index (χ4n) is 5.00. The van der Waals surface area contributed by atoms with Gasteiger partial charge in [0.1, 0.15) is 29.9 Å². The van der Waals surface area contributed by atoms with Crippen molar-refractivity contribution in [3.8, 4) is 0 Å². The van der Waals surface area contributed by atoms with Crippen molar-refractivity contribution in [1.29, 1.82) is 0 Å². The molecule has 27 heavy (non-hydrogen) atoms. The van der Waals surface area contributed by atoms with Gasteiger partial charge >= 0.3 is 0 Å². The highest BCUT2D eigenvalue weighted by molar-refractivity contribution is 7.99. The van der Waals surface area contributed by atoms with Gasteiger partial charge in [-0.3, -0.25) is 9.69 Å². The Hall–Kier alpha value is -0.380. The van der Waals surface area contributed by atoms with Crippen molar-refractivity contribution in [2.45, 2.75) is 81.0 Å². The highest BCUT2D eigenvalue weighted by atomic mass is 32.2. The lowest BCUT2D eigenvalue weighted by Gasteiger charge is -2.44. The van der Waals surface area contributed by atoms with Crippen LogP contribution >= 0.6 is 11.8 Å². The molecule has 3 N–H and O–H groups in total. The standard InChI is InChI=1S/C19H34N2O5S/c1-4-6-11-9-13(20(2)10-11)18(25)21-8-5-7-12(21)17-15(23)14(22)16(24)19(26-17)27-3/h11-17,19,22-24H,4-10H2,1-3H3/t11-,12-,13+,14?,15?,16?,17?,19?/m1/s1. The molecule has 7 nitrogen and oxygen atoms in total. The Morgan fingerprint density at radius 1 is 1.22 bits per heavy atom. The van der Waals surface area contributed by atoms with Gasteiger partial charge in [-0.25, -0.2) is 0 Å². The average Bonchev–Trinajstić information content (AvgIpc) is 3.27. The van der Waals surface area contributed by atoms with Crippen LogP contribution in [0.25, 0.3) is 0 Å². The van der Waals surface area contributed by atoms with Crippen molar-refractivity contribution in [3.63, 3.8) is 0 Å². The number of hydrogen-bond acceptors (Lipinski definition) is 7. The number of ether oxygens (including phenoxy) is 1. The molecule has 0 bridgehead atoms. The van der Waals surface area contributed by atoms with E-state index in [4.69, 9.17) is 4.74 Å². The molecule has 0 spiro atoms. The van der Waals surface area contributed by atoms with Crippen molar-refractivity contribution in [2.24, 2.45) is 5.92 Å². The maximum absolute atomic E-state index is 13.3. The quantitative estimate of drug-likeness (QED) is 0.608. The van der Waals surface area contributed by atoms with Crippen LogP contribution in [0.3, 0.4) is 0 Å². The summed E-state index contributed by atoms with van der Waals surface area (Å²) in [5.41, 5.74) is -0.603. The van der Waals surface area contributed by atoms with Crippen LogP contribution in [0.1, 0.15) is 39.0 Å². The molecular formula is C19H34N2O5S. The molecule has 8 heteroatoms. The summed E-state index contributed by atoms with van der Waals surface area (Å²) < 4.78 is 5.94. The number of carbonyl (C=O) groups is 1. The van der Waals surface area contributed by atoms with Crippen LogP contribution in [0.2, 0.25) is 0 Å². The number of aliphatic hydroxyl groups is 3. The lowest BCUT2D eigenvalue weighted by atomic mass is 9.93. The molecule has 8 atom stereocenters. The lowest BCUT2D eigenvalue weighted by Crippen LogP contribution is -2.62. The van der Waals surface area contributed by atoms with Crippen LogP contribution in [0, 0.1) is 5.92 Å². The van der Waals surface area contributed by atoms with Crippen LogP contribution in [-0.2, 0) is 9.53 Å². The zero-order valence-corrected chi connectivity index (χ0v) is 17.3. The number of amides is 1. The summed E-state index contributed by atoms with van der Waals surface area (Å²) >= 11 is 1.31. The van der Waals surface area contributed by atoms with Gasteiger partial charge in [0, 0.05) is 13.1 Å². The van der Waals surface area contributed by atoms with Crippen LogP contribution in [0.15, 0.2) is 0 Å². The van der Waals surface area contributed by atoms with Crippen molar-refractivity contribution >= 4 is 17.7 Å². The number of aliphatic hydroxyl groups excluding tert-OH is 3. The van der Waals surface area contributed by atoms with E-state index in [1.165, 1.54) is 11.8 Å². The maximum Gasteiger partial charge on any atom is 0.240 e. The third-order valence-corrected chi connectivity index (χ3v) is 7.27. The molecule has 3 aliphatic heterocycles. The Labute approximate surface area is 166 Å². The number of carbonyl (C=O) groups excluding carboxylic acids is 1. The molecule has 0 aliphatic carbocycles. The van der Waals surface area contributed by atoms with E-state index in [1.54, 1.807) is 6.26 Å². The highest BCUT2D eigenvalue weighted by Crippen LogP contribution is 2.35. The molecule has 0 aromatic heterocycles. The Kier molecular flexibility index (Phi) is 7.08. The molecule has 5 unspecified atom stereocenters. The fourth-order valence-corrected chi connectivity index (χ4v) is 5.68. The van der Waals surface area contributed by atoms with Gasteiger partial charge in [0.05, 0.1) is 12.1 Å². The highest BCUT2D eigenvalue weighted by Gasteiger charge is 2.50. The van der Waals surface area contributed by atoms with E-state index in [2.05, 4.69) is 11.8 Å². The minimum Gasteiger partial charge on any atom is -0.388 e. The van der Waals surface area contributed by atoms with Gasteiger partial charge in [0.2, 0.25) is 5.91 Å². The van der Waals surface area contributed by atoms with Gasteiger partial charge in [-0.2, -0.15) is 0 Å². The summed E-state index contributed by atoms with van der Waals surface area (Å²) in [5.74, 6) is 0.667. The van der Waals surface area contributed by atoms with Gasteiger partial charge in [0.15, 0.2) is 0 Å². The van der Waals surface area contributed by atoms with Gasteiger partial charge in [-0.1, -0.05) is 13.3 Å². The number of nitrogens with zero attached hydrogens (tertiary/aromatic N) is 2. The second-order valence-electron chi connectivity index (χ2n) is 8.26. The van der Waals surface area contributed by atoms with Crippen molar-refractivity contribution in [1.82, 2.24) is 9.80 Å². The predicted molar refractivity (Wildman–Crippen MR) is 104 cm³/mol. The van der Waals surface area contributed by atoms with Crippen LogP contribution in [0.4, 0.5) is 0 Å². The monoisotopic (exact) mass is 402 g/mol. The summed E-state index contributed by atoms with van der Waals surface area (Å²) in [7, 11) is 2.01. The Bertz CT molecular complexity index is 522. The predicted octanol–water partition coefficient (Wildman–Crippen LogP) is 0.268. The third-order valence-electron chi connectivity index (χ3n) is 6.42. The first kappa shape index (κ1) is 21.3. The first-order chi connectivity index (χ1) is 12.9. The topological polar surface area (TPSA) is 93.5 Å². The summed E-state index contributed by atoms with van der Waals surface area (Å²) in [4.78, 5) is 17.3. The van der Waals surface area contributed by atoms with E-state index >= 15 is 0 Å². The Morgan fingerprint density at radius 2 is 1.96 bits per heavy atom. The lowest BCUT2D eigenvalue weighted by molar-refractivity contribution is -0.211. The first-order valence-corrected chi connectivity index (χ1v) is 11.4. The van der Waals surface area contributed by atoms with Gasteiger partial charge in [-0.15, -0.1) is 11.8 Å². The largest absolute Gasteiger partial charge is 0.388 e. The van der Waals surface area contributed by atoms with Gasteiger partial charge in [-0.05, 0) is 44.9 Å². The third kappa shape index (κ3) is 4.16. The molecule has 0 aromatic rings. The molecular weight excluding hydrogens is 368 g/mol. The zero-order valence-electron chi connectivity index (χ0n) is 16.5. The smallest absolute Gasteiger partial charge is 0.240 e. The minimum atomic E-state index is -1.26. The van der Waals surface area contributed by atoms with Crippen LogP contribution in [0.5, 0.6) is 0 Å². The van der Waals surface area contributed by atoms with Crippen molar-refractivity contribution in [2.75, 3.05) is 26.4 Å². The Balaban J connectivity index is 1.72. The summed E-state index contributed by atoms with van der Waals surface area (Å²) in [6, 6.07) is -0.377. The number of likely N-dealkylation sites (tertiary alicyclic amines) is 2. The minimum absolute atomic E-state index is 0.107. The zero-order chi connectivity index (χ0) is 19.7. The SMILES string of the molecule is CCC[C@@H]1C[C@@H](C(=O)N2CCC[C@@H]2C2OC(SC)C(O)C(O)C2O)N(C)C1. The normalized spacial score (nSPS) is 43.4. The van der Waals surface area contributed by atoms with Gasteiger partial charge < -0.3 is 25.0 Å². The molecule has 1 amide bonds. The van der Waals surface area contributed by atoms with Gasteiger partial charge in [0.25, 0.3) is 0 Å². The first-order valence-electron chi connectivity index (χ1n) is 10.1. The van der Waals surface area contributed by atoms with Crippen LogP contribution < -0.4 is 0 Å². The second kappa shape index (κ2) is 8.97. The molecule has 3 aliphatic rings. The van der Waals surface area contributed by atoms with E-state index in [9.17, 15) is 20.1 Å². The molecule has 0 saturated carbocycles. The molecule has 3 rings (SSSR count). The van der Waals surface area contributed by atoms with E-state index in [0.29, 0.717) is 12.5 Å². The van der Waals surface area contributed by atoms with Crippen molar-refractivity contribution < 1.29 is 24.9 Å².